The zero-order valence-corrected chi connectivity index (χ0v) is 39.4. The summed E-state index contributed by atoms with van der Waals surface area (Å²) in [5, 5.41) is 29.9. The van der Waals surface area contributed by atoms with E-state index < -0.39 is 78.4 Å². The molecule has 63 heavy (non-hydrogen) atoms. The van der Waals surface area contributed by atoms with Gasteiger partial charge in [0.25, 0.3) is 0 Å². The number of aliphatic hydroxyl groups excluding tert-OH is 3. The van der Waals surface area contributed by atoms with Crippen LogP contribution < -0.4 is 0 Å². The van der Waals surface area contributed by atoms with Crippen molar-refractivity contribution in [1.29, 1.82) is 0 Å². The lowest BCUT2D eigenvalue weighted by molar-refractivity contribution is -0.161. The quantitative estimate of drug-likeness (QED) is 0.0110. The molecule has 0 aromatic carbocycles. The Morgan fingerprint density at radius 2 is 1.02 bits per heavy atom. The summed E-state index contributed by atoms with van der Waals surface area (Å²) in [5.74, 6) is -1.29. The molecule has 1 unspecified atom stereocenters. The van der Waals surface area contributed by atoms with E-state index in [1.807, 2.05) is 24.3 Å². The number of phosphoric ester groups is 2. The molecule has 0 aliphatic rings. The molecule has 0 amide bonds. The van der Waals surface area contributed by atoms with Crippen LogP contribution in [0.5, 0.6) is 0 Å². The van der Waals surface area contributed by atoms with Crippen molar-refractivity contribution in [2.24, 2.45) is 0 Å². The highest BCUT2D eigenvalue weighted by molar-refractivity contribution is 7.47. The van der Waals surface area contributed by atoms with E-state index in [9.17, 15) is 38.9 Å². The van der Waals surface area contributed by atoms with Crippen LogP contribution in [0.25, 0.3) is 0 Å². The third kappa shape index (κ3) is 44.2. The molecule has 17 heteroatoms. The summed E-state index contributed by atoms with van der Waals surface area (Å²) < 4.78 is 47.6. The zero-order chi connectivity index (χ0) is 46.9. The largest absolute Gasteiger partial charge is 0.472 e. The summed E-state index contributed by atoms with van der Waals surface area (Å²) in [4.78, 5) is 52.7. The van der Waals surface area contributed by atoms with E-state index in [0.29, 0.717) is 12.8 Å². The first kappa shape index (κ1) is 60.2. The molecular formula is C46H78O15P2. The van der Waals surface area contributed by atoms with Crippen molar-refractivity contribution >= 4 is 27.6 Å². The fourth-order valence-electron chi connectivity index (χ4n) is 5.45. The second kappa shape index (κ2) is 40.7. The molecular weight excluding hydrogens is 854 g/mol. The molecule has 0 saturated carbocycles. The molecule has 6 N–H and O–H groups in total. The fourth-order valence-corrected chi connectivity index (χ4v) is 6.61. The Labute approximate surface area is 376 Å². The third-order valence-corrected chi connectivity index (χ3v) is 10.4. The number of allylic oxidation sites excluding steroid dienone is 12. The van der Waals surface area contributed by atoms with E-state index >= 15 is 0 Å². The minimum absolute atomic E-state index is 0.0517. The second-order valence-corrected chi connectivity index (χ2v) is 17.7. The first-order valence-corrected chi connectivity index (χ1v) is 25.5. The molecule has 0 aliphatic carbocycles. The van der Waals surface area contributed by atoms with E-state index in [-0.39, 0.29) is 25.7 Å². The number of hydrogen-bond donors (Lipinski definition) is 6. The predicted octanol–water partition coefficient (Wildman–Crippen LogP) is 9.50. The third-order valence-electron chi connectivity index (χ3n) is 8.95. The maximum atomic E-state index is 12.7. The SMILES string of the molecule is CCCCC/C=C\C/C=C\C/C=C\CCCCCCC(=O)O[C@H](COC(=O)CCC[C@@H](O)/C=C/C=C\C/C=C\C=C\[C@@H](O)CCCCC)COP(=O)(O)OC[C@@H](O)COP(=O)(O)O. The van der Waals surface area contributed by atoms with Crippen molar-refractivity contribution in [3.05, 3.63) is 85.1 Å². The lowest BCUT2D eigenvalue weighted by Gasteiger charge is -2.20. The van der Waals surface area contributed by atoms with Crippen LogP contribution in [0, 0.1) is 0 Å². The Balaban J connectivity index is 4.78. The van der Waals surface area contributed by atoms with Gasteiger partial charge in [-0.1, -0.05) is 144 Å². The minimum atomic E-state index is -4.90. The van der Waals surface area contributed by atoms with E-state index in [4.69, 9.17) is 23.8 Å². The van der Waals surface area contributed by atoms with Crippen molar-refractivity contribution in [2.75, 3.05) is 26.4 Å². The van der Waals surface area contributed by atoms with Gasteiger partial charge in [-0.05, 0) is 70.6 Å². The summed E-state index contributed by atoms with van der Waals surface area (Å²) >= 11 is 0. The van der Waals surface area contributed by atoms with Crippen LogP contribution in [0.4, 0.5) is 0 Å². The Kier molecular flexibility index (Phi) is 38.9. The van der Waals surface area contributed by atoms with Crippen LogP contribution >= 0.6 is 15.6 Å². The number of unbranched alkanes of at least 4 members (excludes halogenated alkanes) is 9. The highest BCUT2D eigenvalue weighted by Crippen LogP contribution is 2.43. The fraction of sp³-hybridized carbons (Fsp3) is 0.652. The van der Waals surface area contributed by atoms with Gasteiger partial charge >= 0.3 is 27.6 Å². The maximum Gasteiger partial charge on any atom is 0.472 e. The number of carbonyl (C=O) groups is 2. The van der Waals surface area contributed by atoms with Crippen LogP contribution in [0.2, 0.25) is 0 Å². The normalized spacial score (nSPS) is 15.7. The zero-order valence-electron chi connectivity index (χ0n) is 37.6. The Bertz CT molecular complexity index is 1470. The molecule has 0 rings (SSSR count). The monoisotopic (exact) mass is 932 g/mol. The number of phosphoric acid groups is 2. The van der Waals surface area contributed by atoms with Crippen molar-refractivity contribution in [2.45, 2.75) is 167 Å². The number of esters is 2. The van der Waals surface area contributed by atoms with Gasteiger partial charge in [-0.15, -0.1) is 0 Å². The molecule has 0 saturated heterocycles. The highest BCUT2D eigenvalue weighted by Gasteiger charge is 2.28. The molecule has 0 aromatic rings. The minimum Gasteiger partial charge on any atom is -0.462 e. The van der Waals surface area contributed by atoms with Crippen molar-refractivity contribution in [3.8, 4) is 0 Å². The predicted molar refractivity (Wildman–Crippen MR) is 246 cm³/mol. The topological polar surface area (TPSA) is 236 Å². The Hall–Kier alpha value is -2.78. The summed E-state index contributed by atoms with van der Waals surface area (Å²) in [7, 11) is -9.77. The summed E-state index contributed by atoms with van der Waals surface area (Å²) in [5.41, 5.74) is 0. The van der Waals surface area contributed by atoms with E-state index in [1.54, 1.807) is 24.3 Å². The van der Waals surface area contributed by atoms with Crippen molar-refractivity contribution in [1.82, 2.24) is 0 Å². The lowest BCUT2D eigenvalue weighted by atomic mass is 10.1. The number of ether oxygens (including phenoxy) is 2. The van der Waals surface area contributed by atoms with E-state index in [0.717, 1.165) is 70.6 Å². The van der Waals surface area contributed by atoms with Crippen LogP contribution in [0.1, 0.15) is 142 Å². The van der Waals surface area contributed by atoms with Gasteiger partial charge in [0.05, 0.1) is 32.0 Å². The number of aliphatic hydroxyl groups is 3. The molecule has 0 heterocycles. The molecule has 0 aliphatic heterocycles. The molecule has 0 spiro atoms. The summed E-state index contributed by atoms with van der Waals surface area (Å²) in [6, 6.07) is 0. The highest BCUT2D eigenvalue weighted by atomic mass is 31.2. The molecule has 15 nitrogen and oxygen atoms in total. The number of rotatable bonds is 41. The van der Waals surface area contributed by atoms with Crippen molar-refractivity contribution < 1.29 is 71.8 Å². The van der Waals surface area contributed by atoms with Gasteiger partial charge in [0, 0.05) is 12.8 Å². The average Bonchev–Trinajstić information content (AvgIpc) is 3.23. The van der Waals surface area contributed by atoms with Crippen molar-refractivity contribution in [3.63, 3.8) is 0 Å². The van der Waals surface area contributed by atoms with Gasteiger partial charge < -0.3 is 39.5 Å². The smallest absolute Gasteiger partial charge is 0.462 e. The maximum absolute atomic E-state index is 12.7. The molecule has 0 bridgehead atoms. The molecule has 0 aromatic heterocycles. The van der Waals surface area contributed by atoms with Gasteiger partial charge in [0.1, 0.15) is 12.7 Å². The van der Waals surface area contributed by atoms with Crippen LogP contribution in [-0.2, 0) is 41.8 Å². The van der Waals surface area contributed by atoms with Gasteiger partial charge in [-0.3, -0.25) is 23.2 Å². The molecule has 5 atom stereocenters. The summed E-state index contributed by atoms with van der Waals surface area (Å²) in [6.07, 6.45) is 39.2. The number of carbonyl (C=O) groups excluding carboxylic acids is 2. The van der Waals surface area contributed by atoms with E-state index in [1.165, 1.54) is 19.3 Å². The van der Waals surface area contributed by atoms with Crippen LogP contribution in [0.3, 0.4) is 0 Å². The molecule has 0 fully saturated rings. The Morgan fingerprint density at radius 1 is 0.524 bits per heavy atom. The van der Waals surface area contributed by atoms with Crippen LogP contribution in [-0.4, -0.2) is 92.8 Å². The molecule has 362 valence electrons. The second-order valence-electron chi connectivity index (χ2n) is 15.0. The average molecular weight is 933 g/mol. The van der Waals surface area contributed by atoms with Gasteiger partial charge in [-0.25, -0.2) is 9.13 Å². The van der Waals surface area contributed by atoms with Crippen LogP contribution in [0.15, 0.2) is 85.1 Å². The molecule has 0 radical (unpaired) electrons. The van der Waals surface area contributed by atoms with E-state index in [2.05, 4.69) is 59.4 Å². The van der Waals surface area contributed by atoms with Gasteiger partial charge in [0.2, 0.25) is 0 Å². The van der Waals surface area contributed by atoms with Gasteiger partial charge in [-0.2, -0.15) is 0 Å². The standard InChI is InChI=1S/C46H78O15P2/c1-3-5-7-8-9-10-11-12-13-14-15-16-17-18-22-25-29-35-46(51)61-44(40-60-63(55,56)59-38-43(49)37-58-62(52,53)54)39-57-45(50)36-30-34-42(48)33-28-24-21-19-20-23-27-32-41(47)31-26-6-4-2/h9-10,12-13,15-16,20-21,23-24,27-28,32-33,41-44,47-49H,3-8,11,14,17-19,22,25-26,29-31,34-40H2,1-2H3,(H,55,56)(H2,52,53,54)/b10-9-,13-12-,16-15-,23-20-,24-21-,32-27+,33-28+/t41-,42-,43-,44+/m0/s1. The first-order valence-electron chi connectivity index (χ1n) is 22.5. The first-order chi connectivity index (χ1) is 30.2. The number of hydrogen-bond acceptors (Lipinski definition) is 12. The lowest BCUT2D eigenvalue weighted by Crippen LogP contribution is -2.30. The van der Waals surface area contributed by atoms with Gasteiger partial charge in [0.15, 0.2) is 6.10 Å². The summed E-state index contributed by atoms with van der Waals surface area (Å²) in [6.45, 7) is 1.33. The Morgan fingerprint density at radius 3 is 1.62 bits per heavy atom.